The van der Waals surface area contributed by atoms with E-state index in [1.165, 1.54) is 0 Å². The molecule has 1 N–H and O–H groups in total. The van der Waals surface area contributed by atoms with Gasteiger partial charge in [-0.15, -0.1) is 0 Å². The van der Waals surface area contributed by atoms with Crippen LogP contribution in [-0.4, -0.2) is 25.2 Å². The number of aromatic nitrogens is 1. The van der Waals surface area contributed by atoms with E-state index in [0.717, 1.165) is 39.8 Å². The Kier molecular flexibility index (Phi) is 4.00. The van der Waals surface area contributed by atoms with Crippen LogP contribution in [0.3, 0.4) is 0 Å². The van der Waals surface area contributed by atoms with Crippen molar-refractivity contribution in [1.82, 2.24) is 4.98 Å². The van der Waals surface area contributed by atoms with E-state index in [1.54, 1.807) is 10.4 Å². The van der Waals surface area contributed by atoms with E-state index in [9.17, 15) is 13.2 Å². The number of sulfonamides is 1. The van der Waals surface area contributed by atoms with Gasteiger partial charge in [0, 0.05) is 34.6 Å². The molecule has 1 aliphatic heterocycles. The molecule has 1 aromatic heterocycles. The molecule has 5 nitrogen and oxygen atoms in total. The number of nitrogens with zero attached hydrogens (tertiary/aromatic N) is 1. The van der Waals surface area contributed by atoms with Crippen molar-refractivity contribution in [1.29, 1.82) is 0 Å². The average molecular weight is 423 g/mol. The van der Waals surface area contributed by atoms with Crippen molar-refractivity contribution in [2.24, 2.45) is 5.41 Å². The third-order valence-corrected chi connectivity index (χ3v) is 8.50. The van der Waals surface area contributed by atoms with E-state index in [4.69, 9.17) is 0 Å². The van der Waals surface area contributed by atoms with Gasteiger partial charge in [-0.3, -0.25) is 9.10 Å². The summed E-state index contributed by atoms with van der Waals surface area (Å²) in [7, 11) is -3.73. The second kappa shape index (κ2) is 6.20. The molecule has 2 heterocycles. The SMILES string of the molecule is Cc1cc2c3c([nH]c2cc1S(=O)(=O)N1c2ccccc2C[C@H]1C)CC(C)(C)CC3=O. The van der Waals surface area contributed by atoms with Crippen LogP contribution in [0.25, 0.3) is 10.9 Å². The monoisotopic (exact) mass is 422 g/mol. The minimum atomic E-state index is -3.73. The number of aromatic amines is 1. The van der Waals surface area contributed by atoms with Gasteiger partial charge in [-0.25, -0.2) is 8.42 Å². The molecular formula is C24H26N2O3S. The summed E-state index contributed by atoms with van der Waals surface area (Å²) in [5.41, 5.74) is 4.75. The zero-order valence-corrected chi connectivity index (χ0v) is 18.6. The molecule has 6 heteroatoms. The van der Waals surface area contributed by atoms with E-state index >= 15 is 0 Å². The Bertz CT molecular complexity index is 1320. The molecule has 0 radical (unpaired) electrons. The van der Waals surface area contributed by atoms with E-state index in [2.05, 4.69) is 18.8 Å². The van der Waals surface area contributed by atoms with Crippen LogP contribution >= 0.6 is 0 Å². The fourth-order valence-corrected chi connectivity index (χ4v) is 7.12. The van der Waals surface area contributed by atoms with Gasteiger partial charge in [0.15, 0.2) is 5.78 Å². The molecule has 2 aliphatic rings. The van der Waals surface area contributed by atoms with Gasteiger partial charge >= 0.3 is 0 Å². The number of anilines is 1. The Morgan fingerprint density at radius 1 is 1.13 bits per heavy atom. The molecule has 156 valence electrons. The molecule has 5 rings (SSSR count). The smallest absolute Gasteiger partial charge is 0.264 e. The quantitative estimate of drug-likeness (QED) is 0.647. The minimum absolute atomic E-state index is 0.0936. The molecule has 3 aromatic rings. The number of rotatable bonds is 2. The Balaban J connectivity index is 1.67. The number of carbonyl (C=O) groups is 1. The first-order valence-electron chi connectivity index (χ1n) is 10.4. The van der Waals surface area contributed by atoms with Crippen LogP contribution in [0.2, 0.25) is 0 Å². The summed E-state index contributed by atoms with van der Waals surface area (Å²) >= 11 is 0. The van der Waals surface area contributed by atoms with Crippen LogP contribution in [0, 0.1) is 12.3 Å². The van der Waals surface area contributed by atoms with E-state index in [-0.39, 0.29) is 17.2 Å². The number of carbonyl (C=O) groups excluding carboxylic acids is 1. The summed E-state index contributed by atoms with van der Waals surface area (Å²) in [5, 5.41) is 0.830. The molecular weight excluding hydrogens is 396 g/mol. The van der Waals surface area contributed by atoms with E-state index < -0.39 is 10.0 Å². The number of aryl methyl sites for hydroxylation is 1. The number of benzene rings is 2. The lowest BCUT2D eigenvalue weighted by Gasteiger charge is -2.28. The number of hydrogen-bond donors (Lipinski definition) is 1. The number of hydrogen-bond acceptors (Lipinski definition) is 3. The van der Waals surface area contributed by atoms with Gasteiger partial charge in [-0.1, -0.05) is 32.0 Å². The summed E-state index contributed by atoms with van der Waals surface area (Å²) in [6.07, 6.45) is 1.99. The van der Waals surface area contributed by atoms with Crippen LogP contribution in [0.4, 0.5) is 5.69 Å². The first kappa shape index (κ1) is 19.4. The zero-order chi connectivity index (χ0) is 21.4. The van der Waals surface area contributed by atoms with Crippen molar-refractivity contribution in [2.75, 3.05) is 4.31 Å². The highest BCUT2D eigenvalue weighted by molar-refractivity contribution is 7.93. The van der Waals surface area contributed by atoms with Crippen molar-refractivity contribution in [3.63, 3.8) is 0 Å². The fourth-order valence-electron chi connectivity index (χ4n) is 5.19. The van der Waals surface area contributed by atoms with Gasteiger partial charge in [-0.05, 0) is 61.4 Å². The van der Waals surface area contributed by atoms with Gasteiger partial charge in [0.2, 0.25) is 0 Å². The lowest BCUT2D eigenvalue weighted by atomic mass is 9.76. The third-order valence-electron chi connectivity index (χ3n) is 6.43. The van der Waals surface area contributed by atoms with Crippen LogP contribution in [0.1, 0.15) is 54.4 Å². The van der Waals surface area contributed by atoms with Crippen molar-refractivity contribution in [3.8, 4) is 0 Å². The van der Waals surface area contributed by atoms with Gasteiger partial charge in [0.25, 0.3) is 10.0 Å². The van der Waals surface area contributed by atoms with Crippen LogP contribution in [-0.2, 0) is 22.9 Å². The van der Waals surface area contributed by atoms with Crippen molar-refractivity contribution in [2.45, 2.75) is 57.9 Å². The molecule has 30 heavy (non-hydrogen) atoms. The number of ketones is 1. The standard InChI is InChI=1S/C24H26N2O3S/c1-14-9-17-18(25-19-12-24(3,4)13-21(27)23(17)19)11-22(14)30(28,29)26-15(2)10-16-7-5-6-8-20(16)26/h5-9,11,15,25H,10,12-13H2,1-4H3/t15-/m1/s1. The lowest BCUT2D eigenvalue weighted by molar-refractivity contribution is 0.0913. The highest BCUT2D eigenvalue weighted by atomic mass is 32.2. The molecule has 0 saturated heterocycles. The molecule has 0 saturated carbocycles. The zero-order valence-electron chi connectivity index (χ0n) is 17.7. The highest BCUT2D eigenvalue weighted by Gasteiger charge is 2.38. The van der Waals surface area contributed by atoms with E-state index in [1.807, 2.05) is 44.2 Å². The van der Waals surface area contributed by atoms with E-state index in [0.29, 0.717) is 23.3 Å². The maximum atomic E-state index is 13.7. The number of Topliss-reactive ketones (excluding diaryl/α,β-unsaturated/α-hetero) is 1. The fraction of sp³-hybridized carbons (Fsp3) is 0.375. The molecule has 1 aliphatic carbocycles. The minimum Gasteiger partial charge on any atom is -0.358 e. The molecule has 2 aromatic carbocycles. The number of H-pyrrole nitrogens is 1. The first-order chi connectivity index (χ1) is 14.1. The second-order valence-corrected chi connectivity index (χ2v) is 11.3. The number of nitrogens with one attached hydrogen (secondary N) is 1. The summed E-state index contributed by atoms with van der Waals surface area (Å²) in [5.74, 6) is 0.129. The van der Waals surface area contributed by atoms with Crippen LogP contribution in [0.5, 0.6) is 0 Å². The molecule has 1 atom stereocenters. The lowest BCUT2D eigenvalue weighted by Crippen LogP contribution is -2.36. The molecule has 0 spiro atoms. The molecule has 0 unspecified atom stereocenters. The topological polar surface area (TPSA) is 70.2 Å². The first-order valence-corrected chi connectivity index (χ1v) is 11.8. The van der Waals surface area contributed by atoms with Crippen molar-refractivity contribution < 1.29 is 13.2 Å². The van der Waals surface area contributed by atoms with Crippen LogP contribution < -0.4 is 4.31 Å². The predicted octanol–water partition coefficient (Wildman–Crippen LogP) is 4.77. The van der Waals surface area contributed by atoms with Gasteiger partial charge in [-0.2, -0.15) is 0 Å². The molecule has 0 fully saturated rings. The Morgan fingerprint density at radius 2 is 1.87 bits per heavy atom. The van der Waals surface area contributed by atoms with Gasteiger partial charge < -0.3 is 4.98 Å². The maximum Gasteiger partial charge on any atom is 0.264 e. The highest BCUT2D eigenvalue weighted by Crippen LogP contribution is 2.41. The van der Waals surface area contributed by atoms with Crippen molar-refractivity contribution in [3.05, 3.63) is 58.8 Å². The Morgan fingerprint density at radius 3 is 2.63 bits per heavy atom. The predicted molar refractivity (Wildman–Crippen MR) is 119 cm³/mol. The van der Waals surface area contributed by atoms with Gasteiger partial charge in [0.05, 0.1) is 10.6 Å². The van der Waals surface area contributed by atoms with Crippen LogP contribution in [0.15, 0.2) is 41.3 Å². The summed E-state index contributed by atoms with van der Waals surface area (Å²) in [6.45, 7) is 7.94. The van der Waals surface area contributed by atoms with Crippen molar-refractivity contribution >= 4 is 32.4 Å². The summed E-state index contributed by atoms with van der Waals surface area (Å²) < 4.78 is 29.0. The summed E-state index contributed by atoms with van der Waals surface area (Å²) in [6, 6.07) is 11.1. The van der Waals surface area contributed by atoms with Gasteiger partial charge in [0.1, 0.15) is 0 Å². The summed E-state index contributed by atoms with van der Waals surface area (Å²) in [4.78, 5) is 16.5. The average Bonchev–Trinajstić information content (AvgIpc) is 3.15. The molecule has 0 bridgehead atoms. The number of para-hydroxylation sites is 1. The normalized spacial score (nSPS) is 20.5. The largest absolute Gasteiger partial charge is 0.358 e. The Hall–Kier alpha value is -2.60. The number of fused-ring (bicyclic) bond motifs is 4. The third kappa shape index (κ3) is 2.73. The maximum absolute atomic E-state index is 13.7. The second-order valence-electron chi connectivity index (χ2n) is 9.57. The Labute approximate surface area is 177 Å². The molecule has 0 amide bonds.